The highest BCUT2D eigenvalue weighted by Gasteiger charge is 2.03. The summed E-state index contributed by atoms with van der Waals surface area (Å²) in [5.41, 5.74) is 0. The Labute approximate surface area is 120 Å². The van der Waals surface area contributed by atoms with Crippen LogP contribution in [0.3, 0.4) is 0 Å². The number of rotatable bonds is 12. The molecule has 0 saturated carbocycles. The van der Waals surface area contributed by atoms with E-state index in [9.17, 15) is 4.79 Å². The maximum Gasteiger partial charge on any atom is 0.305 e. The lowest BCUT2D eigenvalue weighted by atomic mass is 9.95. The summed E-state index contributed by atoms with van der Waals surface area (Å²) in [7, 11) is 1.46. The first-order chi connectivity index (χ1) is 9.06. The molecule has 0 bridgehead atoms. The van der Waals surface area contributed by atoms with Gasteiger partial charge >= 0.3 is 5.97 Å². The minimum absolute atomic E-state index is 0.0706. The summed E-state index contributed by atoms with van der Waals surface area (Å²) in [5.74, 6) is 1.66. The summed E-state index contributed by atoms with van der Waals surface area (Å²) in [5, 5.41) is 0. The van der Waals surface area contributed by atoms with Gasteiger partial charge in [-0.2, -0.15) is 0 Å². The van der Waals surface area contributed by atoms with E-state index >= 15 is 0 Å². The van der Waals surface area contributed by atoms with Crippen LogP contribution in [0.5, 0.6) is 0 Å². The van der Waals surface area contributed by atoms with E-state index in [1.165, 1.54) is 52.1 Å². The highest BCUT2D eigenvalue weighted by atomic mass is 16.5. The quantitative estimate of drug-likeness (QED) is 0.353. The van der Waals surface area contributed by atoms with E-state index in [1.807, 2.05) is 0 Å². The topological polar surface area (TPSA) is 26.3 Å². The molecule has 0 aromatic heterocycles. The van der Waals surface area contributed by atoms with E-state index in [2.05, 4.69) is 25.5 Å². The van der Waals surface area contributed by atoms with Crippen LogP contribution in [0.4, 0.5) is 0 Å². The minimum atomic E-state index is -0.0706. The lowest BCUT2D eigenvalue weighted by Gasteiger charge is -2.12. The summed E-state index contributed by atoms with van der Waals surface area (Å²) in [4.78, 5) is 10.9. The van der Waals surface area contributed by atoms with Crippen molar-refractivity contribution in [1.82, 2.24) is 0 Å². The molecule has 0 N–H and O–H groups in total. The van der Waals surface area contributed by atoms with Gasteiger partial charge in [-0.05, 0) is 18.3 Å². The summed E-state index contributed by atoms with van der Waals surface area (Å²) in [6.45, 7) is 7.00. The normalized spacial score (nSPS) is 12.7. The lowest BCUT2D eigenvalue weighted by Crippen LogP contribution is -1.99. The lowest BCUT2D eigenvalue weighted by molar-refractivity contribution is -0.140. The van der Waals surface area contributed by atoms with Gasteiger partial charge in [0.25, 0.3) is 0 Å². The van der Waals surface area contributed by atoms with Crippen molar-refractivity contribution in [2.24, 2.45) is 11.8 Å². The molecule has 0 aliphatic carbocycles. The van der Waals surface area contributed by atoms with Crippen molar-refractivity contribution >= 4 is 5.97 Å². The highest BCUT2D eigenvalue weighted by molar-refractivity contribution is 5.68. The number of hydrogen-bond acceptors (Lipinski definition) is 2. The fourth-order valence-corrected chi connectivity index (χ4v) is 2.41. The molecule has 0 aliphatic rings. The highest BCUT2D eigenvalue weighted by Crippen LogP contribution is 2.18. The van der Waals surface area contributed by atoms with Crippen LogP contribution < -0.4 is 0 Å². The summed E-state index contributed by atoms with van der Waals surface area (Å²) < 4.78 is 4.62. The zero-order valence-electron chi connectivity index (χ0n) is 13.5. The minimum Gasteiger partial charge on any atom is -0.469 e. The van der Waals surface area contributed by atoms with Crippen molar-refractivity contribution in [2.75, 3.05) is 7.11 Å². The van der Waals surface area contributed by atoms with Crippen LogP contribution in [0, 0.1) is 11.8 Å². The fourth-order valence-electron chi connectivity index (χ4n) is 2.41. The Morgan fingerprint density at radius 2 is 1.42 bits per heavy atom. The van der Waals surface area contributed by atoms with Gasteiger partial charge in [-0.15, -0.1) is 0 Å². The maximum absolute atomic E-state index is 10.9. The average molecular weight is 270 g/mol. The van der Waals surface area contributed by atoms with Crippen molar-refractivity contribution in [3.8, 4) is 0 Å². The van der Waals surface area contributed by atoms with Crippen molar-refractivity contribution in [3.63, 3.8) is 0 Å². The first kappa shape index (κ1) is 18.5. The molecular formula is C17H34O2. The fraction of sp³-hybridized carbons (Fsp3) is 0.941. The number of esters is 1. The smallest absolute Gasteiger partial charge is 0.305 e. The van der Waals surface area contributed by atoms with E-state index in [0.717, 1.165) is 24.7 Å². The molecule has 114 valence electrons. The van der Waals surface area contributed by atoms with Crippen molar-refractivity contribution < 1.29 is 9.53 Å². The van der Waals surface area contributed by atoms with Gasteiger partial charge in [0.2, 0.25) is 0 Å². The molecule has 0 aromatic carbocycles. The van der Waals surface area contributed by atoms with Crippen LogP contribution in [-0.4, -0.2) is 13.1 Å². The first-order valence-corrected chi connectivity index (χ1v) is 8.13. The Morgan fingerprint density at radius 3 is 2.05 bits per heavy atom. The average Bonchev–Trinajstić information content (AvgIpc) is 2.36. The van der Waals surface area contributed by atoms with Gasteiger partial charge in [0.1, 0.15) is 0 Å². The Hall–Kier alpha value is -0.530. The SMILES string of the molecule is COC(=O)CCCCCCCC(C)CCCC(C)C. The summed E-state index contributed by atoms with van der Waals surface area (Å²) in [6.07, 6.45) is 12.2. The Balaban J connectivity index is 3.22. The van der Waals surface area contributed by atoms with Gasteiger partial charge in [0.05, 0.1) is 7.11 Å². The third-order valence-corrected chi connectivity index (χ3v) is 3.78. The van der Waals surface area contributed by atoms with E-state index in [4.69, 9.17) is 0 Å². The molecule has 0 aliphatic heterocycles. The molecule has 0 amide bonds. The molecule has 0 rings (SSSR count). The maximum atomic E-state index is 10.9. The molecule has 2 heteroatoms. The second-order valence-corrected chi connectivity index (χ2v) is 6.31. The molecule has 19 heavy (non-hydrogen) atoms. The zero-order chi connectivity index (χ0) is 14.5. The second kappa shape index (κ2) is 12.5. The van der Waals surface area contributed by atoms with Gasteiger partial charge < -0.3 is 4.74 Å². The third kappa shape index (κ3) is 13.7. The predicted molar refractivity (Wildman–Crippen MR) is 82.2 cm³/mol. The predicted octanol–water partition coefficient (Wildman–Crippen LogP) is 5.35. The van der Waals surface area contributed by atoms with Gasteiger partial charge in [-0.3, -0.25) is 4.79 Å². The van der Waals surface area contributed by atoms with E-state index in [0.29, 0.717) is 6.42 Å². The molecule has 1 unspecified atom stereocenters. The van der Waals surface area contributed by atoms with Crippen molar-refractivity contribution in [3.05, 3.63) is 0 Å². The van der Waals surface area contributed by atoms with E-state index < -0.39 is 0 Å². The number of carbonyl (C=O) groups is 1. The number of carbonyl (C=O) groups excluding carboxylic acids is 1. The van der Waals surface area contributed by atoms with Gasteiger partial charge in [0.15, 0.2) is 0 Å². The zero-order valence-corrected chi connectivity index (χ0v) is 13.5. The summed E-state index contributed by atoms with van der Waals surface area (Å²) in [6, 6.07) is 0. The van der Waals surface area contributed by atoms with Gasteiger partial charge in [0, 0.05) is 6.42 Å². The molecule has 0 spiro atoms. The molecule has 0 heterocycles. The van der Waals surface area contributed by atoms with E-state index in [-0.39, 0.29) is 5.97 Å². The third-order valence-electron chi connectivity index (χ3n) is 3.78. The molecule has 0 saturated heterocycles. The molecule has 0 fully saturated rings. The Bertz CT molecular complexity index is 211. The van der Waals surface area contributed by atoms with Crippen LogP contribution >= 0.6 is 0 Å². The van der Waals surface area contributed by atoms with Crippen LogP contribution in [0.15, 0.2) is 0 Å². The standard InChI is InChI=1S/C17H34O2/c1-15(2)11-10-13-16(3)12-8-6-5-7-9-14-17(18)19-4/h15-16H,5-14H2,1-4H3. The van der Waals surface area contributed by atoms with Crippen LogP contribution in [0.1, 0.15) is 85.0 Å². The van der Waals surface area contributed by atoms with Gasteiger partial charge in [-0.25, -0.2) is 0 Å². The van der Waals surface area contributed by atoms with Crippen LogP contribution in [0.25, 0.3) is 0 Å². The molecule has 0 aromatic rings. The molecule has 2 nitrogen and oxygen atoms in total. The molecule has 1 atom stereocenters. The number of ether oxygens (including phenoxy) is 1. The monoisotopic (exact) mass is 270 g/mol. The summed E-state index contributed by atoms with van der Waals surface area (Å²) >= 11 is 0. The first-order valence-electron chi connectivity index (χ1n) is 8.13. The van der Waals surface area contributed by atoms with Crippen molar-refractivity contribution in [2.45, 2.75) is 85.0 Å². The van der Waals surface area contributed by atoms with Gasteiger partial charge in [-0.1, -0.05) is 72.1 Å². The van der Waals surface area contributed by atoms with Crippen LogP contribution in [-0.2, 0) is 9.53 Å². The number of methoxy groups -OCH3 is 1. The van der Waals surface area contributed by atoms with E-state index in [1.54, 1.807) is 0 Å². The van der Waals surface area contributed by atoms with Crippen LogP contribution in [0.2, 0.25) is 0 Å². The largest absolute Gasteiger partial charge is 0.469 e. The molecular weight excluding hydrogens is 236 g/mol. The Kier molecular flexibility index (Phi) is 12.2. The van der Waals surface area contributed by atoms with Crippen molar-refractivity contribution in [1.29, 1.82) is 0 Å². The second-order valence-electron chi connectivity index (χ2n) is 6.31. The number of hydrogen-bond donors (Lipinski definition) is 0. The molecule has 0 radical (unpaired) electrons. The number of unbranched alkanes of at least 4 members (excludes halogenated alkanes) is 4. The Morgan fingerprint density at radius 1 is 0.842 bits per heavy atom.